The van der Waals surface area contributed by atoms with Gasteiger partial charge in [-0.05, 0) is 6.92 Å². The Balaban J connectivity index is 0.000000221. The van der Waals surface area contributed by atoms with Crippen LogP contribution in [0.25, 0.3) is 0 Å². The molecule has 1 heterocycles. The van der Waals surface area contributed by atoms with Crippen LogP contribution in [0.3, 0.4) is 0 Å². The Hall–Kier alpha value is -2.89. The van der Waals surface area contributed by atoms with E-state index in [1.54, 1.807) is 18.3 Å². The number of aliphatic carboxylic acids is 1. The Labute approximate surface area is 160 Å². The summed E-state index contributed by atoms with van der Waals surface area (Å²) in [6.45, 7) is 1.07. The Morgan fingerprint density at radius 3 is 2.43 bits per heavy atom. The molecule has 1 aliphatic carbocycles. The summed E-state index contributed by atoms with van der Waals surface area (Å²) in [5.41, 5.74) is 6.25. The molecule has 1 aliphatic rings. The lowest BCUT2D eigenvalue weighted by molar-refractivity contribution is -0.138. The van der Waals surface area contributed by atoms with Gasteiger partial charge in [0.25, 0.3) is 10.1 Å². The number of ketones is 2. The smallest absolute Gasteiger partial charge is 0.320 e. The van der Waals surface area contributed by atoms with Crippen LogP contribution in [0.4, 0.5) is 0 Å². The number of hydrogen-bond donors (Lipinski definition) is 4. The zero-order valence-corrected chi connectivity index (χ0v) is 15.6. The summed E-state index contributed by atoms with van der Waals surface area (Å²) in [6.07, 6.45) is 2.81. The molecule has 0 spiro atoms. The SMILES string of the molecule is CC1(S(=O)(=O)O)CC(=O)c2ccccc2C1=O.N[C@@H](Cc1cnc[nH]1)C(=O)O. The van der Waals surface area contributed by atoms with Crippen LogP contribution in [-0.2, 0) is 21.3 Å². The van der Waals surface area contributed by atoms with Crippen molar-refractivity contribution in [3.63, 3.8) is 0 Å². The molecule has 0 amide bonds. The van der Waals surface area contributed by atoms with Gasteiger partial charge in [-0.1, -0.05) is 24.3 Å². The Bertz CT molecular complexity index is 1000. The molecule has 1 aromatic heterocycles. The van der Waals surface area contributed by atoms with Gasteiger partial charge in [0.2, 0.25) is 0 Å². The van der Waals surface area contributed by atoms with Crippen molar-refractivity contribution in [3.8, 4) is 0 Å². The Morgan fingerprint density at radius 2 is 1.93 bits per heavy atom. The number of aromatic amines is 1. The van der Waals surface area contributed by atoms with Crippen molar-refractivity contribution >= 4 is 27.7 Å². The van der Waals surface area contributed by atoms with Crippen LogP contribution in [0.1, 0.15) is 39.8 Å². The minimum Gasteiger partial charge on any atom is -0.480 e. The molecule has 0 radical (unpaired) electrons. The van der Waals surface area contributed by atoms with Crippen molar-refractivity contribution in [2.75, 3.05) is 0 Å². The fourth-order valence-corrected chi connectivity index (χ4v) is 3.28. The van der Waals surface area contributed by atoms with Gasteiger partial charge in [0.05, 0.1) is 6.33 Å². The summed E-state index contributed by atoms with van der Waals surface area (Å²) < 4.78 is 29.6. The molecule has 150 valence electrons. The highest BCUT2D eigenvalue weighted by molar-refractivity contribution is 7.88. The van der Waals surface area contributed by atoms with Crippen molar-refractivity contribution < 1.29 is 32.5 Å². The number of nitrogens with two attached hydrogens (primary N) is 1. The third-order valence-electron chi connectivity index (χ3n) is 4.33. The Morgan fingerprint density at radius 1 is 1.32 bits per heavy atom. The molecule has 0 bridgehead atoms. The van der Waals surface area contributed by atoms with Crippen LogP contribution in [0, 0.1) is 0 Å². The highest BCUT2D eigenvalue weighted by Gasteiger charge is 2.51. The second kappa shape index (κ2) is 8.00. The highest BCUT2D eigenvalue weighted by atomic mass is 32.2. The molecular formula is C17H19N3O7S. The van der Waals surface area contributed by atoms with Gasteiger partial charge in [-0.25, -0.2) is 4.98 Å². The quantitative estimate of drug-likeness (QED) is 0.522. The van der Waals surface area contributed by atoms with Gasteiger partial charge in [0.1, 0.15) is 6.04 Å². The lowest BCUT2D eigenvalue weighted by Crippen LogP contribution is -2.48. The van der Waals surface area contributed by atoms with Gasteiger partial charge in [-0.3, -0.25) is 18.9 Å². The number of carbonyl (C=O) groups excluding carboxylic acids is 2. The van der Waals surface area contributed by atoms with Gasteiger partial charge in [0.15, 0.2) is 16.3 Å². The molecule has 3 rings (SSSR count). The van der Waals surface area contributed by atoms with Gasteiger partial charge < -0.3 is 15.8 Å². The molecule has 0 saturated carbocycles. The van der Waals surface area contributed by atoms with Crippen molar-refractivity contribution in [1.82, 2.24) is 9.97 Å². The maximum Gasteiger partial charge on any atom is 0.320 e. The molecule has 5 N–H and O–H groups in total. The molecular weight excluding hydrogens is 390 g/mol. The number of fused-ring (bicyclic) bond motifs is 1. The van der Waals surface area contributed by atoms with Gasteiger partial charge >= 0.3 is 5.97 Å². The zero-order chi connectivity index (χ0) is 21.1. The van der Waals surface area contributed by atoms with E-state index >= 15 is 0 Å². The lowest BCUT2D eigenvalue weighted by atomic mass is 9.82. The molecule has 10 nitrogen and oxygen atoms in total. The predicted octanol–water partition coefficient (Wildman–Crippen LogP) is 0.466. The molecule has 2 aromatic rings. The molecule has 0 fully saturated rings. The van der Waals surface area contributed by atoms with Gasteiger partial charge in [-0.15, -0.1) is 0 Å². The number of carbonyl (C=O) groups is 3. The fourth-order valence-electron chi connectivity index (χ4n) is 2.62. The van der Waals surface area contributed by atoms with Crippen LogP contribution in [0.5, 0.6) is 0 Å². The van der Waals surface area contributed by atoms with Crippen molar-refractivity contribution in [3.05, 3.63) is 53.6 Å². The van der Waals surface area contributed by atoms with Crippen molar-refractivity contribution in [2.45, 2.75) is 30.6 Å². The van der Waals surface area contributed by atoms with Crippen LogP contribution in [0.15, 0.2) is 36.8 Å². The first-order chi connectivity index (χ1) is 13.0. The first-order valence-corrected chi connectivity index (χ1v) is 9.51. The number of carboxylic acid groups (broad SMARTS) is 1. The highest BCUT2D eigenvalue weighted by Crippen LogP contribution is 2.33. The summed E-state index contributed by atoms with van der Waals surface area (Å²) in [4.78, 5) is 40.6. The summed E-state index contributed by atoms with van der Waals surface area (Å²) >= 11 is 0. The normalized spacial score (nSPS) is 20.0. The number of Topliss-reactive ketones (excluding diaryl/α,β-unsaturated/α-hetero) is 2. The number of nitrogens with zero attached hydrogens (tertiary/aromatic N) is 1. The van der Waals surface area contributed by atoms with Crippen LogP contribution >= 0.6 is 0 Å². The lowest BCUT2D eigenvalue weighted by Gasteiger charge is -2.29. The number of nitrogens with one attached hydrogen (secondary N) is 1. The molecule has 0 saturated heterocycles. The van der Waals surface area contributed by atoms with Crippen LogP contribution < -0.4 is 5.73 Å². The second-order valence-electron chi connectivity index (χ2n) is 6.41. The summed E-state index contributed by atoms with van der Waals surface area (Å²) in [6, 6.07) is 5.15. The second-order valence-corrected chi connectivity index (χ2v) is 8.26. The molecule has 11 heteroatoms. The van der Waals surface area contributed by atoms with Gasteiger partial charge in [-0.2, -0.15) is 8.42 Å². The minimum atomic E-state index is -4.62. The first kappa shape index (κ1) is 21.4. The van der Waals surface area contributed by atoms with E-state index in [4.69, 9.17) is 15.4 Å². The number of carboxylic acids is 1. The standard InChI is InChI=1S/C11H10O5S.C6H9N3O2/c1-11(17(14,15)16)6-9(12)7-4-2-3-5-8(7)10(11)13;7-5(6(10)11)1-4-2-8-3-9-4/h2-5H,6H2,1H3,(H,14,15,16);2-3,5H,1,7H2,(H,8,9)(H,10,11)/t;5-/m.0/s1. The van der Waals surface area contributed by atoms with E-state index < -0.39 is 44.9 Å². The number of H-pyrrole nitrogens is 1. The third kappa shape index (κ3) is 4.32. The number of rotatable bonds is 4. The van der Waals surface area contributed by atoms with E-state index in [9.17, 15) is 22.8 Å². The average molecular weight is 409 g/mol. The molecule has 1 unspecified atom stereocenters. The maximum atomic E-state index is 12.0. The van der Waals surface area contributed by atoms with Crippen LogP contribution in [0.2, 0.25) is 0 Å². The predicted molar refractivity (Wildman–Crippen MR) is 97.6 cm³/mol. The van der Waals surface area contributed by atoms with Gasteiger partial charge in [0, 0.05) is 35.9 Å². The summed E-state index contributed by atoms with van der Waals surface area (Å²) in [5.74, 6) is -2.20. The average Bonchev–Trinajstić information content (AvgIpc) is 3.12. The number of aromatic nitrogens is 2. The van der Waals surface area contributed by atoms with Crippen LogP contribution in [-0.4, -0.2) is 56.4 Å². The largest absolute Gasteiger partial charge is 0.480 e. The van der Waals surface area contributed by atoms with E-state index in [0.29, 0.717) is 0 Å². The number of imidazole rings is 1. The summed E-state index contributed by atoms with van der Waals surface area (Å²) in [5, 5.41) is 8.42. The minimum absolute atomic E-state index is 0.0453. The van der Waals surface area contributed by atoms with E-state index in [0.717, 1.165) is 12.6 Å². The van der Waals surface area contributed by atoms with E-state index in [-0.39, 0.29) is 17.5 Å². The molecule has 28 heavy (non-hydrogen) atoms. The third-order valence-corrected chi connectivity index (χ3v) is 5.80. The van der Waals surface area contributed by atoms with E-state index in [1.807, 2.05) is 0 Å². The molecule has 2 atom stereocenters. The maximum absolute atomic E-state index is 12.0. The number of benzene rings is 1. The monoisotopic (exact) mass is 409 g/mol. The van der Waals surface area contributed by atoms with Crippen molar-refractivity contribution in [1.29, 1.82) is 0 Å². The van der Waals surface area contributed by atoms with E-state index in [1.165, 1.54) is 18.5 Å². The molecule has 0 aliphatic heterocycles. The molecule has 1 aromatic carbocycles. The first-order valence-electron chi connectivity index (χ1n) is 8.07. The van der Waals surface area contributed by atoms with Crippen molar-refractivity contribution in [2.24, 2.45) is 5.73 Å². The Kier molecular flexibility index (Phi) is 6.12. The number of hydrogen-bond acceptors (Lipinski definition) is 7. The zero-order valence-electron chi connectivity index (χ0n) is 14.8. The summed E-state index contributed by atoms with van der Waals surface area (Å²) in [7, 11) is -4.62. The van der Waals surface area contributed by atoms with E-state index in [2.05, 4.69) is 9.97 Å². The topological polar surface area (TPSA) is 181 Å². The fraction of sp³-hybridized carbons (Fsp3) is 0.294.